The molecule has 3 rings (SSSR count). The van der Waals surface area contributed by atoms with Gasteiger partial charge in [-0.2, -0.15) is 0 Å². The lowest BCUT2D eigenvalue weighted by Crippen LogP contribution is -2.45. The number of aliphatic hydroxyl groups is 1. The maximum Gasteiger partial charge on any atom is 0.0933 e. The van der Waals surface area contributed by atoms with E-state index in [-0.39, 0.29) is 0 Å². The van der Waals surface area contributed by atoms with Crippen LogP contribution < -0.4 is 5.32 Å². The van der Waals surface area contributed by atoms with Gasteiger partial charge in [0, 0.05) is 26.2 Å². The first-order chi connectivity index (χ1) is 10.2. The molecule has 2 atom stereocenters. The van der Waals surface area contributed by atoms with Gasteiger partial charge in [-0.1, -0.05) is 24.4 Å². The fraction of sp³-hybridized carbons (Fsp3) is 0.750. The smallest absolute Gasteiger partial charge is 0.0933 e. The Labute approximate surface area is 136 Å². The Kier molecular flexibility index (Phi) is 5.23. The molecule has 1 aromatic heterocycles. The predicted molar refractivity (Wildman–Crippen MR) is 89.1 cm³/mol. The highest BCUT2D eigenvalue weighted by Crippen LogP contribution is 2.45. The second kappa shape index (κ2) is 6.97. The minimum absolute atomic E-state index is 0.367. The van der Waals surface area contributed by atoms with Crippen molar-refractivity contribution in [1.82, 2.24) is 10.2 Å². The van der Waals surface area contributed by atoms with Crippen LogP contribution in [0.15, 0.2) is 11.4 Å². The molecule has 21 heavy (non-hydrogen) atoms. The van der Waals surface area contributed by atoms with Crippen LogP contribution in [0.25, 0.3) is 0 Å². The highest BCUT2D eigenvalue weighted by Gasteiger charge is 2.40. The Morgan fingerprint density at radius 3 is 2.90 bits per heavy atom. The van der Waals surface area contributed by atoms with Crippen LogP contribution in [0.5, 0.6) is 0 Å². The van der Waals surface area contributed by atoms with Crippen LogP contribution in [0.1, 0.15) is 37.7 Å². The van der Waals surface area contributed by atoms with Crippen molar-refractivity contribution in [2.75, 3.05) is 32.7 Å². The van der Waals surface area contributed by atoms with Crippen LogP contribution in [0, 0.1) is 5.92 Å². The molecule has 2 heterocycles. The first kappa shape index (κ1) is 15.8. The molecule has 2 unspecified atom stereocenters. The predicted octanol–water partition coefficient (Wildman–Crippen LogP) is 3.07. The molecule has 1 saturated heterocycles. The fourth-order valence-electron chi connectivity index (χ4n) is 3.80. The van der Waals surface area contributed by atoms with Crippen LogP contribution in [-0.2, 0) is 5.60 Å². The number of piperazine rings is 1. The quantitative estimate of drug-likeness (QED) is 0.891. The minimum atomic E-state index is -0.657. The van der Waals surface area contributed by atoms with Gasteiger partial charge in [0.15, 0.2) is 0 Å². The fourth-order valence-corrected chi connectivity index (χ4v) is 4.76. The summed E-state index contributed by atoms with van der Waals surface area (Å²) in [5.41, 5.74) is 0.387. The van der Waals surface area contributed by atoms with Crippen LogP contribution in [0.4, 0.5) is 0 Å². The molecular formula is C16H25ClN2OS. The maximum absolute atomic E-state index is 11.3. The molecule has 2 N–H and O–H groups in total. The van der Waals surface area contributed by atoms with Gasteiger partial charge < -0.3 is 15.3 Å². The zero-order valence-corrected chi connectivity index (χ0v) is 14.1. The van der Waals surface area contributed by atoms with Crippen molar-refractivity contribution in [2.24, 2.45) is 5.92 Å². The molecule has 0 bridgehead atoms. The summed E-state index contributed by atoms with van der Waals surface area (Å²) in [6.07, 6.45) is 5.47. The highest BCUT2D eigenvalue weighted by atomic mass is 35.5. The summed E-state index contributed by atoms with van der Waals surface area (Å²) in [6, 6.07) is 1.97. The summed E-state index contributed by atoms with van der Waals surface area (Å²) in [5, 5.41) is 16.7. The second-order valence-electron chi connectivity index (χ2n) is 6.39. The van der Waals surface area contributed by atoms with E-state index in [1.54, 1.807) is 0 Å². The molecule has 0 spiro atoms. The third kappa shape index (κ3) is 3.62. The van der Waals surface area contributed by atoms with E-state index in [0.717, 1.165) is 68.3 Å². The van der Waals surface area contributed by atoms with Crippen LogP contribution in [-0.4, -0.2) is 42.7 Å². The number of halogens is 1. The number of nitrogens with zero attached hydrogens (tertiary/aromatic N) is 1. The third-order valence-corrected chi connectivity index (χ3v) is 6.20. The van der Waals surface area contributed by atoms with Crippen molar-refractivity contribution in [1.29, 1.82) is 0 Å². The lowest BCUT2D eigenvalue weighted by Gasteiger charge is -2.41. The minimum Gasteiger partial charge on any atom is -0.385 e. The van der Waals surface area contributed by atoms with Crippen molar-refractivity contribution in [3.63, 3.8) is 0 Å². The Morgan fingerprint density at radius 1 is 1.38 bits per heavy atom. The van der Waals surface area contributed by atoms with Gasteiger partial charge in [-0.25, -0.2) is 0 Å². The third-order valence-electron chi connectivity index (χ3n) is 5.11. The molecule has 1 aliphatic carbocycles. The Morgan fingerprint density at radius 2 is 2.19 bits per heavy atom. The Bertz CT molecular complexity index is 461. The van der Waals surface area contributed by atoms with Crippen molar-refractivity contribution >= 4 is 22.9 Å². The SMILES string of the molecule is OC1(c2csc(Cl)c2)CCCCC1CCN1CCNCC1. The van der Waals surface area contributed by atoms with Crippen LogP contribution in [0.2, 0.25) is 4.34 Å². The maximum atomic E-state index is 11.3. The van der Waals surface area contributed by atoms with E-state index in [0.29, 0.717) is 5.92 Å². The molecular weight excluding hydrogens is 304 g/mol. The van der Waals surface area contributed by atoms with E-state index >= 15 is 0 Å². The topological polar surface area (TPSA) is 35.5 Å². The lowest BCUT2D eigenvalue weighted by atomic mass is 9.71. The number of rotatable bonds is 4. The van der Waals surface area contributed by atoms with Gasteiger partial charge >= 0.3 is 0 Å². The van der Waals surface area contributed by atoms with Gasteiger partial charge in [-0.15, -0.1) is 11.3 Å². The van der Waals surface area contributed by atoms with Crippen molar-refractivity contribution in [2.45, 2.75) is 37.7 Å². The standard InChI is InChI=1S/C16H25ClN2OS/c17-15-11-14(12-21-15)16(20)5-2-1-3-13(16)4-8-19-9-6-18-7-10-19/h11-13,18,20H,1-10H2. The van der Waals surface area contributed by atoms with E-state index in [1.807, 2.05) is 11.4 Å². The molecule has 118 valence electrons. The molecule has 5 heteroatoms. The lowest BCUT2D eigenvalue weighted by molar-refractivity contribution is -0.0599. The molecule has 2 aliphatic rings. The first-order valence-electron chi connectivity index (χ1n) is 8.08. The summed E-state index contributed by atoms with van der Waals surface area (Å²) < 4.78 is 0.782. The largest absolute Gasteiger partial charge is 0.385 e. The summed E-state index contributed by atoms with van der Waals surface area (Å²) >= 11 is 7.61. The van der Waals surface area contributed by atoms with E-state index in [1.165, 1.54) is 17.8 Å². The van der Waals surface area contributed by atoms with Gasteiger partial charge in [0.1, 0.15) is 0 Å². The van der Waals surface area contributed by atoms with E-state index < -0.39 is 5.60 Å². The molecule has 1 aliphatic heterocycles. The number of hydrogen-bond donors (Lipinski definition) is 2. The van der Waals surface area contributed by atoms with Gasteiger partial charge in [-0.3, -0.25) is 0 Å². The average molecular weight is 329 g/mol. The van der Waals surface area contributed by atoms with E-state index in [4.69, 9.17) is 11.6 Å². The molecule has 0 radical (unpaired) electrons. The number of nitrogens with one attached hydrogen (secondary N) is 1. The summed E-state index contributed by atoms with van der Waals surface area (Å²) in [5.74, 6) is 0.367. The normalized spacial score (nSPS) is 31.4. The highest BCUT2D eigenvalue weighted by molar-refractivity contribution is 7.14. The van der Waals surface area contributed by atoms with Crippen LogP contribution >= 0.6 is 22.9 Å². The van der Waals surface area contributed by atoms with Crippen molar-refractivity contribution in [3.8, 4) is 0 Å². The van der Waals surface area contributed by atoms with E-state index in [2.05, 4.69) is 10.2 Å². The first-order valence-corrected chi connectivity index (χ1v) is 9.34. The molecule has 1 aromatic rings. The Balaban J connectivity index is 1.66. The summed E-state index contributed by atoms with van der Waals surface area (Å²) in [7, 11) is 0. The summed E-state index contributed by atoms with van der Waals surface area (Å²) in [6.45, 7) is 5.56. The molecule has 0 aromatic carbocycles. The van der Waals surface area contributed by atoms with Gasteiger partial charge in [0.25, 0.3) is 0 Å². The van der Waals surface area contributed by atoms with Crippen molar-refractivity contribution in [3.05, 3.63) is 21.3 Å². The zero-order chi connectivity index (χ0) is 14.7. The van der Waals surface area contributed by atoms with Gasteiger partial charge in [-0.05, 0) is 48.7 Å². The molecule has 3 nitrogen and oxygen atoms in total. The average Bonchev–Trinajstić information content (AvgIpc) is 2.95. The monoisotopic (exact) mass is 328 g/mol. The molecule has 2 fully saturated rings. The zero-order valence-electron chi connectivity index (χ0n) is 12.5. The second-order valence-corrected chi connectivity index (χ2v) is 7.93. The van der Waals surface area contributed by atoms with E-state index in [9.17, 15) is 5.11 Å². The van der Waals surface area contributed by atoms with Gasteiger partial charge in [0.2, 0.25) is 0 Å². The number of thiophene rings is 1. The number of hydrogen-bond acceptors (Lipinski definition) is 4. The molecule has 1 saturated carbocycles. The Hall–Kier alpha value is -0.130. The van der Waals surface area contributed by atoms with Crippen molar-refractivity contribution < 1.29 is 5.11 Å². The van der Waals surface area contributed by atoms with Crippen LogP contribution in [0.3, 0.4) is 0 Å². The van der Waals surface area contributed by atoms with Gasteiger partial charge in [0.05, 0.1) is 9.94 Å². The molecule has 0 amide bonds. The summed E-state index contributed by atoms with van der Waals surface area (Å²) in [4.78, 5) is 2.52.